The van der Waals surface area contributed by atoms with E-state index in [4.69, 9.17) is 4.74 Å². The molecular formula is C19H26N6O2. The van der Waals surface area contributed by atoms with Gasteiger partial charge in [-0.2, -0.15) is 0 Å². The fourth-order valence-electron chi connectivity index (χ4n) is 4.27. The zero-order valence-corrected chi connectivity index (χ0v) is 15.5. The van der Waals surface area contributed by atoms with Crippen molar-refractivity contribution >= 4 is 5.91 Å². The molecule has 0 unspecified atom stereocenters. The molecule has 8 heteroatoms. The van der Waals surface area contributed by atoms with Gasteiger partial charge in [0, 0.05) is 30.7 Å². The van der Waals surface area contributed by atoms with Gasteiger partial charge in [-0.3, -0.25) is 9.69 Å². The highest BCUT2D eigenvalue weighted by Gasteiger charge is 2.38. The summed E-state index contributed by atoms with van der Waals surface area (Å²) in [5.74, 6) is -0.0527. The standard InChI is InChI=1S/C19H26N6O2/c26-18(16-5-4-6-17(13-16)25-15-21-22-23-25)20-14-19(7-2-1-3-8-19)24-9-11-27-12-10-24/h4-6,13,15H,1-3,7-12,14H2,(H,20,26). The van der Waals surface area contributed by atoms with Gasteiger partial charge in [0.2, 0.25) is 0 Å². The summed E-state index contributed by atoms with van der Waals surface area (Å²) < 4.78 is 7.08. The third-order valence-electron chi connectivity index (χ3n) is 5.77. The number of nitrogens with zero attached hydrogens (tertiary/aromatic N) is 5. The van der Waals surface area contributed by atoms with Gasteiger partial charge in [-0.25, -0.2) is 4.68 Å². The summed E-state index contributed by atoms with van der Waals surface area (Å²) in [5.41, 5.74) is 1.45. The van der Waals surface area contributed by atoms with Crippen molar-refractivity contribution in [3.05, 3.63) is 36.2 Å². The number of ether oxygens (including phenoxy) is 1. The number of carbonyl (C=O) groups excluding carboxylic acids is 1. The Balaban J connectivity index is 1.46. The number of nitrogens with one attached hydrogen (secondary N) is 1. The second-order valence-corrected chi connectivity index (χ2v) is 7.37. The number of benzene rings is 1. The molecule has 0 bridgehead atoms. The van der Waals surface area contributed by atoms with Crippen LogP contribution in [0.2, 0.25) is 0 Å². The number of tetrazole rings is 1. The van der Waals surface area contributed by atoms with Gasteiger partial charge in [0.25, 0.3) is 5.91 Å². The molecule has 1 N–H and O–H groups in total. The van der Waals surface area contributed by atoms with Crippen molar-refractivity contribution in [2.75, 3.05) is 32.8 Å². The molecule has 0 spiro atoms. The number of aromatic nitrogens is 4. The molecule has 0 radical (unpaired) electrons. The topological polar surface area (TPSA) is 85.2 Å². The molecule has 0 atom stereocenters. The summed E-state index contributed by atoms with van der Waals surface area (Å²) in [6.07, 6.45) is 7.53. The van der Waals surface area contributed by atoms with Crippen LogP contribution in [0.1, 0.15) is 42.5 Å². The van der Waals surface area contributed by atoms with Gasteiger partial charge in [0.1, 0.15) is 6.33 Å². The van der Waals surface area contributed by atoms with Crippen LogP contribution in [0.15, 0.2) is 30.6 Å². The van der Waals surface area contributed by atoms with E-state index in [1.165, 1.54) is 25.6 Å². The van der Waals surface area contributed by atoms with Crippen molar-refractivity contribution < 1.29 is 9.53 Å². The Hall–Kier alpha value is -2.32. The van der Waals surface area contributed by atoms with E-state index in [1.54, 1.807) is 4.68 Å². The summed E-state index contributed by atoms with van der Waals surface area (Å²) in [6, 6.07) is 7.37. The first kappa shape index (κ1) is 18.1. The summed E-state index contributed by atoms with van der Waals surface area (Å²) in [4.78, 5) is 15.4. The number of carbonyl (C=O) groups is 1. The molecule has 1 saturated carbocycles. The molecule has 2 aliphatic rings. The second kappa shape index (κ2) is 8.14. The van der Waals surface area contributed by atoms with E-state index < -0.39 is 0 Å². The van der Waals surface area contributed by atoms with Crippen LogP contribution in [0, 0.1) is 0 Å². The van der Waals surface area contributed by atoms with E-state index in [9.17, 15) is 4.79 Å². The van der Waals surface area contributed by atoms with E-state index in [0.29, 0.717) is 12.1 Å². The Morgan fingerprint density at radius 3 is 2.74 bits per heavy atom. The van der Waals surface area contributed by atoms with Crippen LogP contribution in [0.3, 0.4) is 0 Å². The van der Waals surface area contributed by atoms with Crippen molar-refractivity contribution in [3.63, 3.8) is 0 Å². The Labute approximate surface area is 158 Å². The van der Waals surface area contributed by atoms with Crippen molar-refractivity contribution in [2.45, 2.75) is 37.6 Å². The second-order valence-electron chi connectivity index (χ2n) is 7.37. The molecule has 2 heterocycles. The smallest absolute Gasteiger partial charge is 0.251 e. The van der Waals surface area contributed by atoms with Crippen LogP contribution in [0.25, 0.3) is 5.69 Å². The molecule has 2 fully saturated rings. The molecular weight excluding hydrogens is 344 g/mol. The van der Waals surface area contributed by atoms with Crippen molar-refractivity contribution in [1.82, 2.24) is 30.4 Å². The number of hydrogen-bond acceptors (Lipinski definition) is 6. The highest BCUT2D eigenvalue weighted by molar-refractivity contribution is 5.94. The maximum absolute atomic E-state index is 12.8. The van der Waals surface area contributed by atoms with Crippen LogP contribution >= 0.6 is 0 Å². The van der Waals surface area contributed by atoms with Crippen LogP contribution in [0.4, 0.5) is 0 Å². The maximum atomic E-state index is 12.8. The van der Waals surface area contributed by atoms with Gasteiger partial charge in [-0.05, 0) is 41.5 Å². The molecule has 1 aromatic heterocycles. The number of morpholine rings is 1. The van der Waals surface area contributed by atoms with Gasteiger partial charge in [0.05, 0.1) is 18.9 Å². The highest BCUT2D eigenvalue weighted by atomic mass is 16.5. The fraction of sp³-hybridized carbons (Fsp3) is 0.579. The molecule has 1 saturated heterocycles. The fourth-order valence-corrected chi connectivity index (χ4v) is 4.27. The third-order valence-corrected chi connectivity index (χ3v) is 5.77. The molecule has 144 valence electrons. The minimum absolute atomic E-state index is 0.0527. The average Bonchev–Trinajstić information content (AvgIpc) is 3.28. The highest BCUT2D eigenvalue weighted by Crippen LogP contribution is 2.34. The Kier molecular flexibility index (Phi) is 5.45. The van der Waals surface area contributed by atoms with E-state index >= 15 is 0 Å². The minimum Gasteiger partial charge on any atom is -0.379 e. The molecule has 1 amide bonds. The molecule has 1 aliphatic carbocycles. The largest absolute Gasteiger partial charge is 0.379 e. The SMILES string of the molecule is O=C(NCC1(N2CCOCC2)CCCCC1)c1cccc(-n2cnnn2)c1. The van der Waals surface area contributed by atoms with Crippen molar-refractivity contribution in [2.24, 2.45) is 0 Å². The predicted molar refractivity (Wildman–Crippen MR) is 99.7 cm³/mol. The molecule has 2 aromatic rings. The first-order valence-corrected chi connectivity index (χ1v) is 9.71. The first-order chi connectivity index (χ1) is 13.3. The molecule has 1 aromatic carbocycles. The lowest BCUT2D eigenvalue weighted by Gasteiger charge is -2.48. The van der Waals surface area contributed by atoms with Gasteiger partial charge in [-0.15, -0.1) is 5.10 Å². The normalized spacial score (nSPS) is 20.3. The number of rotatable bonds is 5. The minimum atomic E-state index is -0.0527. The Morgan fingerprint density at radius 2 is 2.00 bits per heavy atom. The van der Waals surface area contributed by atoms with E-state index in [0.717, 1.165) is 44.8 Å². The van der Waals surface area contributed by atoms with E-state index in [1.807, 2.05) is 24.3 Å². The van der Waals surface area contributed by atoms with Gasteiger partial charge in [0.15, 0.2) is 0 Å². The van der Waals surface area contributed by atoms with Crippen molar-refractivity contribution in [1.29, 1.82) is 0 Å². The van der Waals surface area contributed by atoms with Gasteiger partial charge in [-0.1, -0.05) is 25.3 Å². The zero-order chi connectivity index (χ0) is 18.5. The molecule has 8 nitrogen and oxygen atoms in total. The summed E-state index contributed by atoms with van der Waals surface area (Å²) >= 11 is 0. The Morgan fingerprint density at radius 1 is 1.19 bits per heavy atom. The van der Waals surface area contributed by atoms with E-state index in [2.05, 4.69) is 25.7 Å². The lowest BCUT2D eigenvalue weighted by atomic mass is 9.79. The average molecular weight is 370 g/mol. The number of hydrogen-bond donors (Lipinski definition) is 1. The lowest BCUT2D eigenvalue weighted by molar-refractivity contribution is -0.0361. The zero-order valence-electron chi connectivity index (χ0n) is 15.5. The molecule has 1 aliphatic heterocycles. The van der Waals surface area contributed by atoms with Crippen LogP contribution in [0.5, 0.6) is 0 Å². The molecule has 4 rings (SSSR count). The quantitative estimate of drug-likeness (QED) is 0.857. The van der Waals surface area contributed by atoms with Crippen molar-refractivity contribution in [3.8, 4) is 5.69 Å². The van der Waals surface area contributed by atoms with Gasteiger partial charge < -0.3 is 10.1 Å². The van der Waals surface area contributed by atoms with Crippen LogP contribution in [-0.2, 0) is 4.74 Å². The monoisotopic (exact) mass is 370 g/mol. The summed E-state index contributed by atoms with van der Waals surface area (Å²) in [7, 11) is 0. The van der Waals surface area contributed by atoms with Crippen LogP contribution in [-0.4, -0.2) is 69.4 Å². The maximum Gasteiger partial charge on any atom is 0.251 e. The lowest BCUT2D eigenvalue weighted by Crippen LogP contribution is -2.59. The van der Waals surface area contributed by atoms with Crippen LogP contribution < -0.4 is 5.32 Å². The molecule has 27 heavy (non-hydrogen) atoms. The Bertz CT molecular complexity index is 751. The summed E-state index contributed by atoms with van der Waals surface area (Å²) in [6.45, 7) is 4.14. The summed E-state index contributed by atoms with van der Waals surface area (Å²) in [5, 5.41) is 14.4. The predicted octanol–water partition coefficient (Wildman–Crippen LogP) is 1.43. The third kappa shape index (κ3) is 4.01. The number of amides is 1. The van der Waals surface area contributed by atoms with Gasteiger partial charge >= 0.3 is 0 Å². The van der Waals surface area contributed by atoms with E-state index in [-0.39, 0.29) is 11.4 Å². The first-order valence-electron chi connectivity index (χ1n) is 9.71.